The van der Waals surface area contributed by atoms with Crippen LogP contribution in [0.25, 0.3) is 0 Å². The van der Waals surface area contributed by atoms with Crippen molar-refractivity contribution in [2.24, 2.45) is 11.7 Å². The van der Waals surface area contributed by atoms with E-state index in [1.165, 1.54) is 0 Å². The van der Waals surface area contributed by atoms with E-state index in [1.54, 1.807) is 26.0 Å². The van der Waals surface area contributed by atoms with Gasteiger partial charge in [0.05, 0.1) is 26.4 Å². The molecule has 0 heterocycles. The highest BCUT2D eigenvalue weighted by atomic mass is 79.9. The molecule has 12 nitrogen and oxygen atoms in total. The van der Waals surface area contributed by atoms with Crippen LogP contribution in [0.1, 0.15) is 39.2 Å². The van der Waals surface area contributed by atoms with Crippen molar-refractivity contribution < 1.29 is 33.4 Å². The molecule has 0 saturated carbocycles. The number of hydrogen-bond acceptors (Lipinski definition) is 7. The van der Waals surface area contributed by atoms with Crippen LogP contribution in [0.5, 0.6) is 0 Å². The zero-order chi connectivity index (χ0) is 29.0. The normalized spacial score (nSPS) is 12.4. The molecule has 1 aromatic rings. The summed E-state index contributed by atoms with van der Waals surface area (Å²) in [7, 11) is 0. The Kier molecular flexibility index (Phi) is 17.8. The number of halogens is 1. The molecule has 0 aliphatic heterocycles. The van der Waals surface area contributed by atoms with E-state index in [0.29, 0.717) is 43.9 Å². The van der Waals surface area contributed by atoms with E-state index >= 15 is 0 Å². The lowest BCUT2D eigenvalue weighted by Gasteiger charge is -2.25. The Hall–Kier alpha value is -2.74. The maximum atomic E-state index is 13.1. The molecule has 39 heavy (non-hydrogen) atoms. The number of anilines is 1. The fourth-order valence-corrected chi connectivity index (χ4v) is 3.73. The molecule has 5 amide bonds. The lowest BCUT2D eigenvalue weighted by Crippen LogP contribution is -2.55. The largest absolute Gasteiger partial charge is 0.379 e. The molecule has 1 aromatic carbocycles. The average molecular weight is 617 g/mol. The Morgan fingerprint density at radius 3 is 2.15 bits per heavy atom. The summed E-state index contributed by atoms with van der Waals surface area (Å²) in [5, 5.41) is 11.4. The highest BCUT2D eigenvalue weighted by Crippen LogP contribution is 2.13. The quantitative estimate of drug-likeness (QED) is 0.110. The van der Waals surface area contributed by atoms with Gasteiger partial charge in [-0.15, -0.1) is 0 Å². The smallest absolute Gasteiger partial charge is 0.312 e. The molecular formula is C26H42BrN5O7. The number of rotatable bonds is 20. The molecule has 1 rings (SSSR count). The van der Waals surface area contributed by atoms with E-state index in [9.17, 15) is 19.2 Å². The average Bonchev–Trinajstić information content (AvgIpc) is 2.90. The Morgan fingerprint density at radius 2 is 1.56 bits per heavy atom. The van der Waals surface area contributed by atoms with Crippen LogP contribution in [0.2, 0.25) is 0 Å². The summed E-state index contributed by atoms with van der Waals surface area (Å²) in [6, 6.07) is 4.80. The summed E-state index contributed by atoms with van der Waals surface area (Å²) in [5.74, 6) is -1.64. The predicted molar refractivity (Wildman–Crippen MR) is 151 cm³/mol. The lowest BCUT2D eigenvalue weighted by atomic mass is 10.0. The summed E-state index contributed by atoms with van der Waals surface area (Å²) in [5.41, 5.74) is 6.73. The summed E-state index contributed by atoms with van der Waals surface area (Å²) in [6.45, 7) is 7.56. The minimum absolute atomic E-state index is 0.219. The second-order valence-electron chi connectivity index (χ2n) is 8.97. The zero-order valence-electron chi connectivity index (χ0n) is 22.9. The first-order valence-electron chi connectivity index (χ1n) is 13.0. The minimum atomic E-state index is -0.911. The number of nitrogens with two attached hydrogens (primary N) is 1. The van der Waals surface area contributed by atoms with Gasteiger partial charge < -0.3 is 41.2 Å². The van der Waals surface area contributed by atoms with Gasteiger partial charge in [0, 0.05) is 24.2 Å². The maximum absolute atomic E-state index is 13.1. The van der Waals surface area contributed by atoms with Gasteiger partial charge in [0.1, 0.15) is 18.7 Å². The maximum Gasteiger partial charge on any atom is 0.312 e. The fraction of sp³-hybridized carbons (Fsp3) is 0.615. The first-order valence-corrected chi connectivity index (χ1v) is 14.1. The third kappa shape index (κ3) is 15.4. The number of nitrogens with one attached hydrogen (secondary N) is 4. The van der Waals surface area contributed by atoms with Gasteiger partial charge >= 0.3 is 6.03 Å². The Morgan fingerprint density at radius 1 is 0.923 bits per heavy atom. The third-order valence-electron chi connectivity index (χ3n) is 5.42. The van der Waals surface area contributed by atoms with Gasteiger partial charge in [0.15, 0.2) is 0 Å². The molecule has 0 aromatic heterocycles. The number of benzene rings is 1. The van der Waals surface area contributed by atoms with Crippen LogP contribution in [0.4, 0.5) is 10.5 Å². The third-order valence-corrected chi connectivity index (χ3v) is 6.07. The number of amides is 5. The number of urea groups is 1. The van der Waals surface area contributed by atoms with Gasteiger partial charge in [-0.1, -0.05) is 41.9 Å². The number of ether oxygens (including phenoxy) is 3. The second kappa shape index (κ2) is 20.2. The van der Waals surface area contributed by atoms with E-state index in [1.807, 2.05) is 19.1 Å². The minimum Gasteiger partial charge on any atom is -0.379 e. The highest BCUT2D eigenvalue weighted by Gasteiger charge is 2.28. The Bertz CT molecular complexity index is 886. The van der Waals surface area contributed by atoms with Crippen molar-refractivity contribution in [3.05, 3.63) is 29.8 Å². The molecule has 2 atom stereocenters. The number of carbonyl (C=O) groups excluding carboxylic acids is 4. The molecular weight excluding hydrogens is 574 g/mol. The zero-order valence-corrected chi connectivity index (χ0v) is 24.5. The Balaban J connectivity index is 2.70. The summed E-state index contributed by atoms with van der Waals surface area (Å²) in [4.78, 5) is 49.6. The van der Waals surface area contributed by atoms with Crippen molar-refractivity contribution in [3.8, 4) is 0 Å². The molecule has 220 valence electrons. The van der Waals surface area contributed by atoms with E-state index in [0.717, 1.165) is 5.56 Å². The molecule has 0 bridgehead atoms. The van der Waals surface area contributed by atoms with E-state index in [2.05, 4.69) is 37.2 Å². The summed E-state index contributed by atoms with van der Waals surface area (Å²) >= 11 is 3.38. The lowest BCUT2D eigenvalue weighted by molar-refractivity contribution is -0.134. The topological polar surface area (TPSA) is 170 Å². The van der Waals surface area contributed by atoms with Gasteiger partial charge in [-0.05, 0) is 43.4 Å². The van der Waals surface area contributed by atoms with Crippen LogP contribution in [0.3, 0.4) is 0 Å². The van der Waals surface area contributed by atoms with Crippen molar-refractivity contribution in [3.63, 3.8) is 0 Å². The van der Waals surface area contributed by atoms with Gasteiger partial charge in [-0.3, -0.25) is 14.4 Å². The summed E-state index contributed by atoms with van der Waals surface area (Å²) in [6.07, 6.45) is 0.630. The van der Waals surface area contributed by atoms with E-state index in [-0.39, 0.29) is 32.1 Å². The van der Waals surface area contributed by atoms with Crippen molar-refractivity contribution in [2.75, 3.05) is 51.5 Å². The van der Waals surface area contributed by atoms with Crippen LogP contribution in [-0.2, 0) is 33.9 Å². The van der Waals surface area contributed by atoms with E-state index in [4.69, 9.17) is 19.9 Å². The number of alkyl halides is 1. The van der Waals surface area contributed by atoms with Crippen molar-refractivity contribution in [2.45, 2.75) is 51.0 Å². The molecule has 0 radical (unpaired) electrons. The molecule has 6 N–H and O–H groups in total. The number of hydrogen-bond donors (Lipinski definition) is 5. The van der Waals surface area contributed by atoms with Crippen LogP contribution < -0.4 is 27.0 Å². The van der Waals surface area contributed by atoms with Gasteiger partial charge in [0.2, 0.25) is 17.7 Å². The Labute approximate surface area is 238 Å². The predicted octanol–water partition coefficient (Wildman–Crippen LogP) is 1.66. The van der Waals surface area contributed by atoms with Crippen molar-refractivity contribution >= 4 is 45.4 Å². The van der Waals surface area contributed by atoms with Crippen LogP contribution in [-0.4, -0.2) is 82.0 Å². The monoisotopic (exact) mass is 615 g/mol. The molecule has 0 fully saturated rings. The van der Waals surface area contributed by atoms with Gasteiger partial charge in [0.25, 0.3) is 0 Å². The first-order chi connectivity index (χ1) is 18.7. The number of primary amides is 1. The molecule has 0 aliphatic rings. The molecule has 0 spiro atoms. The van der Waals surface area contributed by atoms with Crippen LogP contribution >= 0.6 is 15.9 Å². The summed E-state index contributed by atoms with van der Waals surface area (Å²) < 4.78 is 15.8. The van der Waals surface area contributed by atoms with Crippen molar-refractivity contribution in [1.82, 2.24) is 16.0 Å². The molecule has 0 aliphatic carbocycles. The fourth-order valence-electron chi connectivity index (χ4n) is 3.35. The number of carbonyl (C=O) groups is 4. The molecule has 0 unspecified atom stereocenters. The van der Waals surface area contributed by atoms with Gasteiger partial charge in [-0.25, -0.2) is 4.79 Å². The SMILES string of the molecule is CCOCCOCCOCC(=O)N[C@H](C(=O)N[C@@H](CCCNC(N)=O)C(=O)Nc1ccc(CBr)cc1)C(C)C. The van der Waals surface area contributed by atoms with Gasteiger partial charge in [-0.2, -0.15) is 0 Å². The van der Waals surface area contributed by atoms with Crippen LogP contribution in [0, 0.1) is 5.92 Å². The van der Waals surface area contributed by atoms with Crippen LogP contribution in [0.15, 0.2) is 24.3 Å². The van der Waals surface area contributed by atoms with Crippen molar-refractivity contribution in [1.29, 1.82) is 0 Å². The molecule has 0 saturated heterocycles. The highest BCUT2D eigenvalue weighted by molar-refractivity contribution is 9.08. The van der Waals surface area contributed by atoms with E-state index < -0.39 is 35.8 Å². The molecule has 13 heteroatoms. The second-order valence-corrected chi connectivity index (χ2v) is 9.53. The standard InChI is InChI=1S/C26H42BrN5O7/c1-4-37-12-13-38-14-15-39-17-22(33)32-23(18(2)3)25(35)31-21(6-5-11-29-26(28)36)24(34)30-20-9-7-19(16-27)8-10-20/h7-10,18,21,23H,4-6,11-17H2,1-3H3,(H,30,34)(H,31,35)(H,32,33)(H3,28,29,36)/t21-,23-/m0/s1. The first kappa shape index (κ1) is 34.3.